The van der Waals surface area contributed by atoms with Crippen molar-refractivity contribution >= 4 is 34.8 Å². The first-order valence-corrected chi connectivity index (χ1v) is 10.9. The Balaban J connectivity index is 1.75. The van der Waals surface area contributed by atoms with Crippen molar-refractivity contribution in [3.8, 4) is 5.88 Å². The minimum Gasteiger partial charge on any atom is -0.480 e. The van der Waals surface area contributed by atoms with E-state index in [-0.39, 0.29) is 24.1 Å². The predicted molar refractivity (Wildman–Crippen MR) is 125 cm³/mol. The van der Waals surface area contributed by atoms with Crippen LogP contribution in [0.3, 0.4) is 0 Å². The molecule has 1 amide bonds. The monoisotopic (exact) mass is 468 g/mol. The second kappa shape index (κ2) is 9.26. The molecule has 1 aliphatic rings. The topological polar surface area (TPSA) is 120 Å². The predicted octanol–water partition coefficient (Wildman–Crippen LogP) is 3.61. The van der Waals surface area contributed by atoms with Gasteiger partial charge in [0.05, 0.1) is 25.0 Å². The highest BCUT2D eigenvalue weighted by Gasteiger charge is 2.27. The van der Waals surface area contributed by atoms with Gasteiger partial charge < -0.3 is 19.5 Å². The average molecular weight is 469 g/mol. The zero-order valence-corrected chi connectivity index (χ0v) is 19.9. The van der Waals surface area contributed by atoms with Crippen LogP contribution in [-0.2, 0) is 9.47 Å². The molecule has 1 saturated carbocycles. The van der Waals surface area contributed by atoms with Crippen LogP contribution < -0.4 is 15.0 Å². The number of nitrogens with zero attached hydrogens (tertiary/aromatic N) is 5. The van der Waals surface area contributed by atoms with Crippen molar-refractivity contribution < 1.29 is 23.8 Å². The van der Waals surface area contributed by atoms with Gasteiger partial charge in [-0.15, -0.1) is 0 Å². The molecule has 0 saturated heterocycles. The first-order valence-electron chi connectivity index (χ1n) is 10.9. The molecule has 0 bridgehead atoms. The molecule has 0 aliphatic heterocycles. The standard InChI is InChI=1S/C23H28N6O5/c1-23(2,3)34-22(31)28(4)19-11-18(26-16-7-6-10-24-21(16)32-5)27-20-15(12-25-29(19)20)17(30)13-33-14-8-9-14/h6-7,10-12,14H,8-9,13H2,1-5H3,(H,26,27). The maximum absolute atomic E-state index is 12.9. The molecule has 34 heavy (non-hydrogen) atoms. The van der Waals surface area contributed by atoms with Crippen LogP contribution in [0.5, 0.6) is 5.88 Å². The smallest absolute Gasteiger partial charge is 0.415 e. The lowest BCUT2D eigenvalue weighted by atomic mass is 10.2. The van der Waals surface area contributed by atoms with Gasteiger partial charge >= 0.3 is 6.09 Å². The van der Waals surface area contributed by atoms with Crippen LogP contribution in [0.25, 0.3) is 5.65 Å². The molecule has 1 aliphatic carbocycles. The number of amides is 1. The van der Waals surface area contributed by atoms with Gasteiger partial charge in [-0.25, -0.2) is 14.8 Å². The minimum atomic E-state index is -0.687. The third-order valence-electron chi connectivity index (χ3n) is 4.97. The third kappa shape index (κ3) is 5.25. The number of ether oxygens (including phenoxy) is 3. The summed E-state index contributed by atoms with van der Waals surface area (Å²) in [7, 11) is 3.08. The van der Waals surface area contributed by atoms with Crippen LogP contribution in [0, 0.1) is 0 Å². The third-order valence-corrected chi connectivity index (χ3v) is 4.97. The molecule has 3 heterocycles. The lowest BCUT2D eigenvalue weighted by molar-refractivity contribution is 0.0587. The van der Waals surface area contributed by atoms with Crippen molar-refractivity contribution in [1.29, 1.82) is 0 Å². The van der Waals surface area contributed by atoms with Crippen LogP contribution in [-0.4, -0.2) is 63.9 Å². The van der Waals surface area contributed by atoms with Gasteiger partial charge in [0.15, 0.2) is 11.4 Å². The summed E-state index contributed by atoms with van der Waals surface area (Å²) in [5.74, 6) is 0.846. The normalized spacial score (nSPS) is 13.6. The second-order valence-corrected chi connectivity index (χ2v) is 8.95. The van der Waals surface area contributed by atoms with E-state index in [4.69, 9.17) is 14.2 Å². The number of ketones is 1. The van der Waals surface area contributed by atoms with E-state index in [1.807, 2.05) is 0 Å². The van der Waals surface area contributed by atoms with E-state index >= 15 is 0 Å². The molecule has 180 valence electrons. The average Bonchev–Trinajstić information content (AvgIpc) is 3.52. The van der Waals surface area contributed by atoms with Crippen molar-refractivity contribution in [1.82, 2.24) is 19.6 Å². The van der Waals surface area contributed by atoms with Gasteiger partial charge in [0.1, 0.15) is 29.5 Å². The number of hydrogen-bond acceptors (Lipinski definition) is 9. The SMILES string of the molecule is COc1ncccc1Nc1cc(N(C)C(=O)OC(C)(C)C)n2ncc(C(=O)COC3CC3)c2n1. The largest absolute Gasteiger partial charge is 0.480 e. The lowest BCUT2D eigenvalue weighted by Gasteiger charge is -2.25. The molecular weight excluding hydrogens is 440 g/mol. The molecule has 0 atom stereocenters. The Bertz CT molecular complexity index is 1210. The van der Waals surface area contributed by atoms with E-state index in [1.54, 1.807) is 52.2 Å². The number of aromatic nitrogens is 4. The number of carbonyl (C=O) groups excluding carboxylic acids is 2. The number of rotatable bonds is 8. The highest BCUT2D eigenvalue weighted by atomic mass is 16.6. The number of methoxy groups -OCH3 is 1. The van der Waals surface area contributed by atoms with E-state index in [9.17, 15) is 9.59 Å². The molecule has 11 nitrogen and oxygen atoms in total. The molecule has 4 rings (SSSR count). The first kappa shape index (κ1) is 23.4. The highest BCUT2D eigenvalue weighted by Crippen LogP contribution is 2.29. The van der Waals surface area contributed by atoms with E-state index in [0.717, 1.165) is 12.8 Å². The number of hydrogen-bond donors (Lipinski definition) is 1. The fraction of sp³-hybridized carbons (Fsp3) is 0.435. The van der Waals surface area contributed by atoms with Crippen molar-refractivity contribution in [3.63, 3.8) is 0 Å². The van der Waals surface area contributed by atoms with Crippen LogP contribution in [0.4, 0.5) is 22.1 Å². The maximum atomic E-state index is 12.9. The molecule has 1 fully saturated rings. The summed E-state index contributed by atoms with van der Waals surface area (Å²) in [6, 6.07) is 5.16. The molecule has 0 radical (unpaired) electrons. The van der Waals surface area contributed by atoms with Crippen molar-refractivity contribution in [3.05, 3.63) is 36.2 Å². The summed E-state index contributed by atoms with van der Waals surface area (Å²) < 4.78 is 17.8. The van der Waals surface area contributed by atoms with Gasteiger partial charge in [0.2, 0.25) is 5.88 Å². The van der Waals surface area contributed by atoms with Crippen LogP contribution in [0.15, 0.2) is 30.6 Å². The van der Waals surface area contributed by atoms with Gasteiger partial charge in [0, 0.05) is 19.3 Å². The maximum Gasteiger partial charge on any atom is 0.415 e. The Labute approximate surface area is 197 Å². The van der Waals surface area contributed by atoms with Crippen molar-refractivity contribution in [2.45, 2.75) is 45.3 Å². The second-order valence-electron chi connectivity index (χ2n) is 8.95. The molecule has 11 heteroatoms. The minimum absolute atomic E-state index is 0.0565. The van der Waals surface area contributed by atoms with E-state index in [0.29, 0.717) is 28.8 Å². The van der Waals surface area contributed by atoms with Gasteiger partial charge in [-0.3, -0.25) is 9.69 Å². The summed E-state index contributed by atoms with van der Waals surface area (Å²) in [4.78, 5) is 35.7. The highest BCUT2D eigenvalue weighted by molar-refractivity contribution is 6.02. The van der Waals surface area contributed by atoms with Gasteiger partial charge in [0.25, 0.3) is 0 Å². The van der Waals surface area contributed by atoms with Crippen molar-refractivity contribution in [2.24, 2.45) is 0 Å². The Kier molecular flexibility index (Phi) is 6.38. The number of anilines is 3. The van der Waals surface area contributed by atoms with Crippen LogP contribution in [0.2, 0.25) is 0 Å². The molecule has 1 N–H and O–H groups in total. The van der Waals surface area contributed by atoms with E-state index in [1.165, 1.54) is 22.7 Å². The zero-order chi connectivity index (χ0) is 24.5. The van der Waals surface area contributed by atoms with Gasteiger partial charge in [-0.2, -0.15) is 9.61 Å². The molecule has 3 aromatic heterocycles. The Morgan fingerprint density at radius 3 is 2.74 bits per heavy atom. The molecule has 0 aromatic carbocycles. The fourth-order valence-corrected chi connectivity index (χ4v) is 3.16. The number of fused-ring (bicyclic) bond motifs is 1. The van der Waals surface area contributed by atoms with Gasteiger partial charge in [-0.05, 0) is 45.7 Å². The number of pyridine rings is 1. The Hall–Kier alpha value is -3.73. The van der Waals surface area contributed by atoms with E-state index in [2.05, 4.69) is 20.4 Å². The zero-order valence-electron chi connectivity index (χ0n) is 19.9. The first-order chi connectivity index (χ1) is 16.2. The molecule has 0 unspecified atom stereocenters. The summed E-state index contributed by atoms with van der Waals surface area (Å²) in [5, 5.41) is 7.48. The summed E-state index contributed by atoms with van der Waals surface area (Å²) in [6.45, 7) is 5.30. The molecule has 0 spiro atoms. The quantitative estimate of drug-likeness (QED) is 0.494. The molecular formula is C23H28N6O5. The summed E-state index contributed by atoms with van der Waals surface area (Å²) >= 11 is 0. The Morgan fingerprint density at radius 1 is 1.29 bits per heavy atom. The lowest BCUT2D eigenvalue weighted by Crippen LogP contribution is -2.35. The number of carbonyl (C=O) groups is 2. The molecule has 3 aromatic rings. The van der Waals surface area contributed by atoms with Crippen LogP contribution in [0.1, 0.15) is 44.0 Å². The fourth-order valence-electron chi connectivity index (χ4n) is 3.16. The van der Waals surface area contributed by atoms with Gasteiger partial charge in [-0.1, -0.05) is 0 Å². The van der Waals surface area contributed by atoms with Crippen LogP contribution >= 0.6 is 0 Å². The summed E-state index contributed by atoms with van der Waals surface area (Å²) in [6.07, 6.45) is 4.53. The summed E-state index contributed by atoms with van der Waals surface area (Å²) in [5.41, 5.74) is 0.452. The van der Waals surface area contributed by atoms with Crippen molar-refractivity contribution in [2.75, 3.05) is 31.0 Å². The number of nitrogens with one attached hydrogen (secondary N) is 1. The Morgan fingerprint density at radius 2 is 2.06 bits per heavy atom. The van der Waals surface area contributed by atoms with E-state index < -0.39 is 11.7 Å². The number of Topliss-reactive ketones (excluding diaryl/α,β-unsaturated/α-hetero) is 1.